The molecule has 7 heteroatoms. The van der Waals surface area contributed by atoms with E-state index in [0.717, 1.165) is 37.0 Å². The van der Waals surface area contributed by atoms with Crippen molar-refractivity contribution in [2.24, 2.45) is 17.8 Å². The molecule has 4 saturated carbocycles. The third-order valence-corrected chi connectivity index (χ3v) is 6.45. The van der Waals surface area contributed by atoms with Gasteiger partial charge in [0.05, 0.1) is 7.11 Å². The van der Waals surface area contributed by atoms with Gasteiger partial charge < -0.3 is 10.1 Å². The second-order valence-corrected chi connectivity index (χ2v) is 8.29. The summed E-state index contributed by atoms with van der Waals surface area (Å²) in [6.45, 7) is 0. The van der Waals surface area contributed by atoms with Crippen molar-refractivity contribution in [3.8, 4) is 11.4 Å². The number of hydrogen-bond acceptors (Lipinski definition) is 5. The van der Waals surface area contributed by atoms with E-state index in [-0.39, 0.29) is 11.4 Å². The van der Waals surface area contributed by atoms with E-state index in [1.807, 2.05) is 12.1 Å². The van der Waals surface area contributed by atoms with Gasteiger partial charge >= 0.3 is 0 Å². The molecule has 0 spiro atoms. The van der Waals surface area contributed by atoms with Crippen LogP contribution in [-0.4, -0.2) is 38.8 Å². The van der Waals surface area contributed by atoms with E-state index in [9.17, 15) is 4.79 Å². The number of nitrogens with one attached hydrogen (secondary N) is 1. The second kappa shape index (κ2) is 5.79. The molecule has 0 saturated heterocycles. The summed E-state index contributed by atoms with van der Waals surface area (Å²) in [6, 6.07) is 5.41. The van der Waals surface area contributed by atoms with Crippen molar-refractivity contribution < 1.29 is 9.53 Å². The Morgan fingerprint density at radius 2 is 1.88 bits per heavy atom. The Bertz CT molecular complexity index is 797. The third kappa shape index (κ3) is 2.57. The maximum Gasteiger partial charge on any atom is 0.251 e. The van der Waals surface area contributed by atoms with E-state index in [0.29, 0.717) is 17.0 Å². The molecule has 7 nitrogen and oxygen atoms in total. The number of amides is 1. The monoisotopic (exact) mass is 353 g/mol. The molecule has 1 heterocycles. The van der Waals surface area contributed by atoms with Crippen LogP contribution >= 0.6 is 0 Å². The number of hydrogen-bond donors (Lipinski definition) is 1. The zero-order chi connectivity index (χ0) is 17.7. The highest BCUT2D eigenvalue weighted by atomic mass is 16.5. The molecule has 1 amide bonds. The maximum atomic E-state index is 13.0. The van der Waals surface area contributed by atoms with Gasteiger partial charge in [-0.3, -0.25) is 4.79 Å². The molecule has 1 N–H and O–H groups in total. The van der Waals surface area contributed by atoms with Crippen LogP contribution in [0.1, 0.15) is 48.9 Å². The molecule has 4 bridgehead atoms. The summed E-state index contributed by atoms with van der Waals surface area (Å²) >= 11 is 0. The smallest absolute Gasteiger partial charge is 0.251 e. The first-order valence-electron chi connectivity index (χ1n) is 9.38. The summed E-state index contributed by atoms with van der Waals surface area (Å²) in [5.41, 5.74) is 1.34. The highest BCUT2D eigenvalue weighted by molar-refractivity contribution is 5.95. The summed E-state index contributed by atoms with van der Waals surface area (Å²) in [5.74, 6) is 2.99. The molecule has 2 aromatic rings. The molecular formula is C19H23N5O2. The zero-order valence-corrected chi connectivity index (χ0v) is 14.9. The zero-order valence-electron chi connectivity index (χ0n) is 14.9. The van der Waals surface area contributed by atoms with Gasteiger partial charge in [-0.1, -0.05) is 0 Å². The summed E-state index contributed by atoms with van der Waals surface area (Å²) in [6.07, 6.45) is 9.03. The van der Waals surface area contributed by atoms with Crippen molar-refractivity contribution in [2.75, 3.05) is 7.11 Å². The number of methoxy groups -OCH3 is 1. The third-order valence-electron chi connectivity index (χ3n) is 6.45. The molecule has 4 aliphatic carbocycles. The predicted octanol–water partition coefficient (Wildman–Crippen LogP) is 2.37. The Hall–Kier alpha value is -2.44. The van der Waals surface area contributed by atoms with Crippen LogP contribution in [0.4, 0.5) is 0 Å². The van der Waals surface area contributed by atoms with Gasteiger partial charge in [0.25, 0.3) is 5.91 Å². The van der Waals surface area contributed by atoms with Crippen LogP contribution in [0, 0.1) is 17.8 Å². The van der Waals surface area contributed by atoms with Gasteiger partial charge in [-0.15, -0.1) is 5.10 Å². The van der Waals surface area contributed by atoms with Crippen molar-refractivity contribution in [3.05, 3.63) is 30.1 Å². The van der Waals surface area contributed by atoms with E-state index in [4.69, 9.17) is 4.74 Å². The Morgan fingerprint density at radius 1 is 1.19 bits per heavy atom. The van der Waals surface area contributed by atoms with Gasteiger partial charge in [0, 0.05) is 11.1 Å². The highest BCUT2D eigenvalue weighted by Crippen LogP contribution is 2.55. The molecule has 0 atom stereocenters. The van der Waals surface area contributed by atoms with Crippen LogP contribution in [0.2, 0.25) is 0 Å². The first-order valence-corrected chi connectivity index (χ1v) is 9.38. The Kier molecular flexibility index (Phi) is 3.52. The van der Waals surface area contributed by atoms with Crippen LogP contribution in [0.3, 0.4) is 0 Å². The minimum absolute atomic E-state index is 0.00600. The average molecular weight is 353 g/mol. The van der Waals surface area contributed by atoms with Gasteiger partial charge in [-0.05, 0) is 84.9 Å². The number of tetrazole rings is 1. The second-order valence-electron chi connectivity index (χ2n) is 8.29. The Labute approximate surface area is 152 Å². The molecular weight excluding hydrogens is 330 g/mol. The van der Waals surface area contributed by atoms with Crippen LogP contribution in [-0.2, 0) is 0 Å². The normalized spacial score (nSPS) is 31.8. The first-order chi connectivity index (χ1) is 12.6. The lowest BCUT2D eigenvalue weighted by Gasteiger charge is -2.56. The maximum absolute atomic E-state index is 13.0. The lowest BCUT2D eigenvalue weighted by Crippen LogP contribution is -2.59. The topological polar surface area (TPSA) is 81.9 Å². The van der Waals surface area contributed by atoms with Gasteiger partial charge in [0.15, 0.2) is 0 Å². The molecule has 26 heavy (non-hydrogen) atoms. The summed E-state index contributed by atoms with van der Waals surface area (Å²) < 4.78 is 6.98. The number of rotatable bonds is 4. The lowest BCUT2D eigenvalue weighted by atomic mass is 9.53. The summed E-state index contributed by atoms with van der Waals surface area (Å²) in [7, 11) is 1.59. The van der Waals surface area contributed by atoms with Crippen LogP contribution in [0.25, 0.3) is 5.69 Å². The molecule has 4 fully saturated rings. The van der Waals surface area contributed by atoms with Gasteiger partial charge in [-0.2, -0.15) is 4.68 Å². The molecule has 0 radical (unpaired) electrons. The quantitative estimate of drug-likeness (QED) is 0.912. The highest BCUT2D eigenvalue weighted by Gasteiger charge is 2.51. The average Bonchev–Trinajstić information content (AvgIpc) is 3.14. The fourth-order valence-corrected chi connectivity index (χ4v) is 5.86. The van der Waals surface area contributed by atoms with Crippen molar-refractivity contribution >= 4 is 5.91 Å². The minimum Gasteiger partial charge on any atom is -0.494 e. The van der Waals surface area contributed by atoms with Crippen LogP contribution in [0.5, 0.6) is 5.75 Å². The van der Waals surface area contributed by atoms with Crippen molar-refractivity contribution in [3.63, 3.8) is 0 Å². The van der Waals surface area contributed by atoms with Gasteiger partial charge in [0.2, 0.25) is 0 Å². The molecule has 1 aromatic carbocycles. The van der Waals surface area contributed by atoms with E-state index >= 15 is 0 Å². The molecule has 6 rings (SSSR count). The van der Waals surface area contributed by atoms with E-state index in [2.05, 4.69) is 20.8 Å². The number of nitrogens with zero attached hydrogens (tertiary/aromatic N) is 4. The summed E-state index contributed by atoms with van der Waals surface area (Å²) in [4.78, 5) is 13.0. The first kappa shape index (κ1) is 15.8. The van der Waals surface area contributed by atoms with E-state index < -0.39 is 0 Å². The summed E-state index contributed by atoms with van der Waals surface area (Å²) in [5, 5.41) is 14.6. The molecule has 0 unspecified atom stereocenters. The predicted molar refractivity (Wildman–Crippen MR) is 94.1 cm³/mol. The van der Waals surface area contributed by atoms with Gasteiger partial charge in [-0.25, -0.2) is 0 Å². The largest absolute Gasteiger partial charge is 0.494 e. The minimum atomic E-state index is -0.00600. The number of aromatic nitrogens is 4. The number of carbonyl (C=O) groups excluding carboxylic acids is 1. The fourth-order valence-electron chi connectivity index (χ4n) is 5.86. The lowest BCUT2D eigenvalue weighted by molar-refractivity contribution is -0.0167. The van der Waals surface area contributed by atoms with E-state index in [1.54, 1.807) is 13.2 Å². The van der Waals surface area contributed by atoms with Crippen molar-refractivity contribution in [1.29, 1.82) is 0 Å². The van der Waals surface area contributed by atoms with Crippen molar-refractivity contribution in [2.45, 2.75) is 44.1 Å². The number of carbonyl (C=O) groups is 1. The van der Waals surface area contributed by atoms with E-state index in [1.165, 1.54) is 30.3 Å². The standard InChI is InChI=1S/C19H23N5O2/c1-26-17-7-15(2-3-16(17)24-11-20-22-23-24)18(25)21-19-8-12-4-13(9-19)6-14(5-12)10-19/h2-3,7,11-14H,4-6,8-10H2,1H3,(H,21,25). The van der Waals surface area contributed by atoms with Crippen molar-refractivity contribution in [1.82, 2.24) is 25.5 Å². The number of benzene rings is 1. The number of ether oxygens (including phenoxy) is 1. The molecule has 4 aliphatic rings. The molecule has 136 valence electrons. The van der Waals surface area contributed by atoms with Crippen LogP contribution in [0.15, 0.2) is 24.5 Å². The molecule has 0 aliphatic heterocycles. The molecule has 1 aromatic heterocycles. The SMILES string of the molecule is COc1cc(C(=O)NC23CC4CC(CC(C4)C2)C3)ccc1-n1cnnn1. The fraction of sp³-hybridized carbons (Fsp3) is 0.579. The Morgan fingerprint density at radius 3 is 2.46 bits per heavy atom. The van der Waals surface area contributed by atoms with Crippen LogP contribution < -0.4 is 10.1 Å². The van der Waals surface area contributed by atoms with Gasteiger partial charge in [0.1, 0.15) is 17.8 Å². The Balaban J connectivity index is 1.39.